The fourth-order valence-electron chi connectivity index (χ4n) is 6.83. The first-order valence-electron chi connectivity index (χ1n) is 11.0. The second-order valence-electron chi connectivity index (χ2n) is 9.78. The molecule has 4 bridgehead atoms. The van der Waals surface area contributed by atoms with Crippen LogP contribution in [0.1, 0.15) is 56.6 Å². The number of hydrogen-bond donors (Lipinski definition) is 2. The zero-order valence-corrected chi connectivity index (χ0v) is 20.0. The van der Waals surface area contributed by atoms with Crippen molar-refractivity contribution in [2.45, 2.75) is 70.6 Å². The summed E-state index contributed by atoms with van der Waals surface area (Å²) in [6.07, 6.45) is 10.8. The molecule has 5 aliphatic rings. The van der Waals surface area contributed by atoms with E-state index in [9.17, 15) is 0 Å². The van der Waals surface area contributed by atoms with Crippen LogP contribution in [-0.2, 0) is 24.3 Å². The highest BCUT2D eigenvalue weighted by atomic mass is 127. The number of methoxy groups -OCH3 is 1. The third-order valence-electron chi connectivity index (χ3n) is 7.54. The van der Waals surface area contributed by atoms with Crippen LogP contribution < -0.4 is 10.6 Å². The molecule has 0 amide bonds. The zero-order chi connectivity index (χ0) is 19.1. The van der Waals surface area contributed by atoms with Crippen LogP contribution in [0.3, 0.4) is 0 Å². The molecule has 1 aliphatic heterocycles. The lowest BCUT2D eigenvalue weighted by molar-refractivity contribution is -0.0492. The van der Waals surface area contributed by atoms with Gasteiger partial charge in [0.1, 0.15) is 12.4 Å². The van der Waals surface area contributed by atoms with Gasteiger partial charge in [-0.2, -0.15) is 5.10 Å². The monoisotopic (exact) mass is 514 g/mol. The maximum absolute atomic E-state index is 5.16. The third-order valence-corrected chi connectivity index (χ3v) is 7.54. The Hall–Kier alpha value is -0.900. The van der Waals surface area contributed by atoms with E-state index in [4.69, 9.17) is 4.74 Å². The quantitative estimate of drug-likeness (QED) is 0.359. The predicted molar refractivity (Wildman–Crippen MR) is 123 cm³/mol. The number of nitrogens with one attached hydrogen (secondary N) is 2. The molecule has 1 unspecified atom stereocenters. The second kappa shape index (κ2) is 8.69. The first kappa shape index (κ1) is 21.3. The van der Waals surface area contributed by atoms with Crippen LogP contribution in [0.15, 0.2) is 4.99 Å². The van der Waals surface area contributed by atoms with Crippen LogP contribution in [-0.4, -0.2) is 47.5 Å². The fourth-order valence-corrected chi connectivity index (χ4v) is 6.83. The molecule has 7 nitrogen and oxygen atoms in total. The highest BCUT2D eigenvalue weighted by molar-refractivity contribution is 14.0. The van der Waals surface area contributed by atoms with Crippen molar-refractivity contribution in [1.29, 1.82) is 0 Å². The van der Waals surface area contributed by atoms with E-state index in [1.807, 2.05) is 11.7 Å². The molecule has 0 saturated heterocycles. The van der Waals surface area contributed by atoms with Crippen molar-refractivity contribution in [1.82, 2.24) is 25.4 Å². The number of aliphatic imine (C=N–C) groups is 1. The number of aryl methyl sites for hydroxylation is 1. The standard InChI is InChI=1S/C21H34N6O.HI/c1-22-20(23-13-21-8-14-5-15(9-21)7-16(6-14)10-21)24-17-3-4-19-25-18(12-28-2)26-27(19)11-17;/h14-17H,3-13H2,1-2H3,(H2,22,23,24);1H. The van der Waals surface area contributed by atoms with Gasteiger partial charge in [-0.25, -0.2) is 9.67 Å². The summed E-state index contributed by atoms with van der Waals surface area (Å²) in [6.45, 7) is 2.39. The minimum absolute atomic E-state index is 0. The van der Waals surface area contributed by atoms with E-state index in [-0.39, 0.29) is 24.0 Å². The lowest BCUT2D eigenvalue weighted by Gasteiger charge is -2.57. The largest absolute Gasteiger partial charge is 0.377 e. The normalized spacial score (nSPS) is 35.2. The summed E-state index contributed by atoms with van der Waals surface area (Å²) in [5.74, 6) is 5.78. The van der Waals surface area contributed by atoms with Crippen molar-refractivity contribution >= 4 is 29.9 Å². The average molecular weight is 514 g/mol. The first-order valence-corrected chi connectivity index (χ1v) is 11.0. The molecule has 4 aliphatic carbocycles. The van der Waals surface area contributed by atoms with E-state index in [1.165, 1.54) is 38.5 Å². The Morgan fingerprint density at radius 1 is 1.21 bits per heavy atom. The van der Waals surface area contributed by atoms with Crippen molar-refractivity contribution in [3.05, 3.63) is 11.6 Å². The van der Waals surface area contributed by atoms with Gasteiger partial charge in [-0.15, -0.1) is 24.0 Å². The van der Waals surface area contributed by atoms with Gasteiger partial charge in [0.05, 0.1) is 6.54 Å². The van der Waals surface area contributed by atoms with E-state index in [0.29, 0.717) is 18.1 Å². The molecule has 1 atom stereocenters. The maximum atomic E-state index is 5.16. The smallest absolute Gasteiger partial charge is 0.191 e. The van der Waals surface area contributed by atoms with Gasteiger partial charge >= 0.3 is 0 Å². The number of nitrogens with zero attached hydrogens (tertiary/aromatic N) is 4. The highest BCUT2D eigenvalue weighted by Crippen LogP contribution is 2.59. The number of halogens is 1. The van der Waals surface area contributed by atoms with Crippen LogP contribution in [0, 0.1) is 23.2 Å². The molecular formula is C21H35IN6O. The Morgan fingerprint density at radius 3 is 2.52 bits per heavy atom. The maximum Gasteiger partial charge on any atom is 0.191 e. The summed E-state index contributed by atoms with van der Waals surface area (Å²) in [5, 5.41) is 11.9. The zero-order valence-electron chi connectivity index (χ0n) is 17.7. The molecule has 1 aromatic rings. The van der Waals surface area contributed by atoms with Crippen LogP contribution in [0.2, 0.25) is 0 Å². The topological polar surface area (TPSA) is 76.4 Å². The molecule has 0 spiro atoms. The van der Waals surface area contributed by atoms with E-state index >= 15 is 0 Å². The predicted octanol–water partition coefficient (Wildman–Crippen LogP) is 2.74. The molecular weight excluding hydrogens is 479 g/mol. The van der Waals surface area contributed by atoms with Gasteiger partial charge in [0, 0.05) is 33.2 Å². The van der Waals surface area contributed by atoms with E-state index in [2.05, 4.69) is 25.7 Å². The van der Waals surface area contributed by atoms with Gasteiger partial charge in [0.25, 0.3) is 0 Å². The minimum atomic E-state index is 0. The van der Waals surface area contributed by atoms with Gasteiger partial charge in [-0.1, -0.05) is 0 Å². The fraction of sp³-hybridized carbons (Fsp3) is 0.857. The number of ether oxygens (including phenoxy) is 1. The molecule has 1 aromatic heterocycles. The van der Waals surface area contributed by atoms with E-state index < -0.39 is 0 Å². The lowest BCUT2D eigenvalue weighted by atomic mass is 9.49. The molecule has 2 N–H and O–H groups in total. The molecule has 8 heteroatoms. The van der Waals surface area contributed by atoms with Gasteiger partial charge in [-0.05, 0) is 68.1 Å². The number of aromatic nitrogens is 3. The molecule has 6 rings (SSSR count). The molecule has 0 aromatic carbocycles. The van der Waals surface area contributed by atoms with Crippen molar-refractivity contribution in [2.24, 2.45) is 28.2 Å². The van der Waals surface area contributed by atoms with Crippen LogP contribution in [0.25, 0.3) is 0 Å². The Kier molecular flexibility index (Phi) is 6.39. The highest BCUT2D eigenvalue weighted by Gasteiger charge is 2.50. The summed E-state index contributed by atoms with van der Waals surface area (Å²) in [6, 6.07) is 0.340. The summed E-state index contributed by atoms with van der Waals surface area (Å²) >= 11 is 0. The Morgan fingerprint density at radius 2 is 1.90 bits per heavy atom. The Balaban J connectivity index is 0.00000205. The van der Waals surface area contributed by atoms with E-state index in [1.54, 1.807) is 7.11 Å². The Labute approximate surface area is 190 Å². The summed E-state index contributed by atoms with van der Waals surface area (Å²) in [5.41, 5.74) is 0.521. The first-order chi connectivity index (χ1) is 13.6. The number of rotatable bonds is 5. The lowest BCUT2D eigenvalue weighted by Crippen LogP contribution is -2.54. The SMILES string of the molecule is CN=C(NCC12CC3CC(CC(C3)C1)C2)NC1CCc2nc(COC)nn2C1.I. The number of guanidine groups is 1. The van der Waals surface area contributed by atoms with E-state index in [0.717, 1.165) is 61.3 Å². The van der Waals surface area contributed by atoms with Gasteiger partial charge in [0.15, 0.2) is 11.8 Å². The molecule has 2 heterocycles. The van der Waals surface area contributed by atoms with Crippen molar-refractivity contribution in [3.8, 4) is 0 Å². The van der Waals surface area contributed by atoms with Crippen molar-refractivity contribution in [3.63, 3.8) is 0 Å². The third kappa shape index (κ3) is 4.43. The minimum Gasteiger partial charge on any atom is -0.377 e. The number of fused-ring (bicyclic) bond motifs is 1. The second-order valence-corrected chi connectivity index (χ2v) is 9.78. The molecule has 4 fully saturated rings. The van der Waals surface area contributed by atoms with Gasteiger partial charge in [0.2, 0.25) is 0 Å². The summed E-state index contributed by atoms with van der Waals surface area (Å²) in [7, 11) is 3.57. The van der Waals surface area contributed by atoms with Crippen molar-refractivity contribution < 1.29 is 4.74 Å². The van der Waals surface area contributed by atoms with Gasteiger partial charge < -0.3 is 15.4 Å². The summed E-state index contributed by atoms with van der Waals surface area (Å²) < 4.78 is 7.19. The van der Waals surface area contributed by atoms with Crippen molar-refractivity contribution in [2.75, 3.05) is 20.7 Å². The Bertz CT molecular complexity index is 712. The summed E-state index contributed by atoms with van der Waals surface area (Å²) in [4.78, 5) is 9.09. The average Bonchev–Trinajstić information content (AvgIpc) is 3.06. The number of hydrogen-bond acceptors (Lipinski definition) is 4. The van der Waals surface area contributed by atoms with Crippen LogP contribution in [0.5, 0.6) is 0 Å². The molecule has 29 heavy (non-hydrogen) atoms. The molecule has 4 saturated carbocycles. The van der Waals surface area contributed by atoms with Crippen LogP contribution >= 0.6 is 24.0 Å². The molecule has 162 valence electrons. The van der Waals surface area contributed by atoms with Crippen LogP contribution in [0.4, 0.5) is 0 Å². The molecule has 0 radical (unpaired) electrons. The van der Waals surface area contributed by atoms with Gasteiger partial charge in [-0.3, -0.25) is 4.99 Å².